The smallest absolute Gasteiger partial charge is 0.118 e. The topological polar surface area (TPSA) is 0 Å². The molecular formula is C6H8Cl2Si. The number of halogens is 2. The summed E-state index contributed by atoms with van der Waals surface area (Å²) in [4.78, 5) is 0. The van der Waals surface area contributed by atoms with Gasteiger partial charge >= 0.3 is 0 Å². The van der Waals surface area contributed by atoms with Gasteiger partial charge in [-0.1, -0.05) is 17.8 Å². The molecule has 0 nitrogen and oxygen atoms in total. The van der Waals surface area contributed by atoms with E-state index in [1.54, 1.807) is 0 Å². The van der Waals surface area contributed by atoms with E-state index in [1.807, 2.05) is 0 Å². The highest BCUT2D eigenvalue weighted by molar-refractivity contribution is 7.34. The van der Waals surface area contributed by atoms with Gasteiger partial charge in [0, 0.05) is 0 Å². The molecule has 1 aliphatic carbocycles. The number of rotatable bonds is 1. The van der Waals surface area contributed by atoms with E-state index in [9.17, 15) is 0 Å². The van der Waals surface area contributed by atoms with Crippen molar-refractivity contribution in [3.05, 3.63) is 12.2 Å². The van der Waals surface area contributed by atoms with Crippen molar-refractivity contribution in [3.63, 3.8) is 0 Å². The van der Waals surface area contributed by atoms with Gasteiger partial charge in [0.1, 0.15) is 0 Å². The van der Waals surface area contributed by atoms with E-state index in [4.69, 9.17) is 22.2 Å². The summed E-state index contributed by atoms with van der Waals surface area (Å²) in [6.45, 7) is 0. The molecule has 0 aromatic rings. The monoisotopic (exact) mass is 178 g/mol. The van der Waals surface area contributed by atoms with Crippen molar-refractivity contribution >= 4 is 34.9 Å². The minimum absolute atomic E-state index is 0.633. The van der Waals surface area contributed by atoms with E-state index >= 15 is 0 Å². The van der Waals surface area contributed by atoms with Crippen LogP contribution in [0, 0.1) is 5.92 Å². The third-order valence-electron chi connectivity index (χ3n) is 1.41. The van der Waals surface area contributed by atoms with Crippen LogP contribution in [0.15, 0.2) is 12.2 Å². The molecule has 50 valence electrons. The van der Waals surface area contributed by atoms with Gasteiger partial charge in [0.25, 0.3) is 0 Å². The summed E-state index contributed by atoms with van der Waals surface area (Å²) in [5, 5.41) is 0. The highest BCUT2D eigenvalue weighted by atomic mass is 35.7. The quantitative estimate of drug-likeness (QED) is 0.329. The average Bonchev–Trinajstić information content (AvgIpc) is 2.15. The van der Waals surface area contributed by atoms with Gasteiger partial charge in [0.05, 0.1) is 0 Å². The predicted molar refractivity (Wildman–Crippen MR) is 45.4 cm³/mol. The molecule has 0 fully saturated rings. The second-order valence-electron chi connectivity index (χ2n) is 2.16. The first-order valence-corrected chi connectivity index (χ1v) is 6.57. The summed E-state index contributed by atoms with van der Waals surface area (Å²) in [7, 11) is -1.14. The van der Waals surface area contributed by atoms with Gasteiger partial charge in [-0.25, -0.2) is 0 Å². The minimum Gasteiger partial charge on any atom is -0.118 e. The SMILES string of the molecule is Cl[Si](Cl)=CC1CC=CC1. The molecule has 1 rings (SSSR count). The molecule has 0 saturated carbocycles. The average molecular weight is 179 g/mol. The normalized spacial score (nSPS) is 18.4. The standard InChI is InChI=1S/C6H8Cl2Si/c7-9(8)5-6-3-1-2-4-6/h1-2,5-6H,3-4H2. The lowest BCUT2D eigenvalue weighted by Crippen LogP contribution is -1.99. The predicted octanol–water partition coefficient (Wildman–Crippen LogP) is 2.30. The van der Waals surface area contributed by atoms with Gasteiger partial charge in [-0.3, -0.25) is 0 Å². The Morgan fingerprint density at radius 1 is 1.33 bits per heavy atom. The van der Waals surface area contributed by atoms with Gasteiger partial charge in [-0.05, 0) is 18.8 Å². The summed E-state index contributed by atoms with van der Waals surface area (Å²) >= 11 is 11.3. The molecule has 0 spiro atoms. The van der Waals surface area contributed by atoms with Crippen LogP contribution < -0.4 is 0 Å². The zero-order valence-corrected chi connectivity index (χ0v) is 7.49. The zero-order chi connectivity index (χ0) is 6.69. The van der Waals surface area contributed by atoms with Crippen molar-refractivity contribution in [2.24, 2.45) is 5.92 Å². The third kappa shape index (κ3) is 2.65. The number of hydrogen-bond acceptors (Lipinski definition) is 0. The Balaban J connectivity index is 2.38. The highest BCUT2D eigenvalue weighted by Crippen LogP contribution is 2.15. The molecule has 9 heavy (non-hydrogen) atoms. The first-order valence-electron chi connectivity index (χ1n) is 2.97. The fraction of sp³-hybridized carbons (Fsp3) is 0.500. The first-order chi connectivity index (χ1) is 4.29. The van der Waals surface area contributed by atoms with Crippen LogP contribution >= 0.6 is 22.2 Å². The van der Waals surface area contributed by atoms with Gasteiger partial charge in [0.15, 0.2) is 0 Å². The molecule has 0 atom stereocenters. The van der Waals surface area contributed by atoms with Crippen molar-refractivity contribution in [1.29, 1.82) is 0 Å². The lowest BCUT2D eigenvalue weighted by Gasteiger charge is -1.98. The molecule has 0 radical (unpaired) electrons. The van der Waals surface area contributed by atoms with Crippen molar-refractivity contribution in [2.45, 2.75) is 12.8 Å². The molecule has 0 N–H and O–H groups in total. The Kier molecular flexibility index (Phi) is 2.96. The van der Waals surface area contributed by atoms with Crippen LogP contribution in [-0.4, -0.2) is 12.7 Å². The van der Waals surface area contributed by atoms with Gasteiger partial charge < -0.3 is 0 Å². The molecule has 0 aliphatic heterocycles. The van der Waals surface area contributed by atoms with Crippen molar-refractivity contribution in [3.8, 4) is 0 Å². The molecule has 3 heteroatoms. The second-order valence-corrected chi connectivity index (χ2v) is 6.10. The van der Waals surface area contributed by atoms with Crippen LogP contribution in [0.3, 0.4) is 0 Å². The van der Waals surface area contributed by atoms with Crippen LogP contribution in [0.5, 0.6) is 0 Å². The van der Waals surface area contributed by atoms with Gasteiger partial charge in [-0.15, -0.1) is 22.2 Å². The van der Waals surface area contributed by atoms with E-state index in [0.29, 0.717) is 5.92 Å². The van der Waals surface area contributed by atoms with Crippen molar-refractivity contribution in [1.82, 2.24) is 0 Å². The van der Waals surface area contributed by atoms with Gasteiger partial charge in [0.2, 0.25) is 7.03 Å². The van der Waals surface area contributed by atoms with Crippen LogP contribution in [0.2, 0.25) is 0 Å². The Labute approximate surface area is 66.1 Å². The second kappa shape index (κ2) is 3.54. The summed E-state index contributed by atoms with van der Waals surface area (Å²) in [5.41, 5.74) is 2.08. The summed E-state index contributed by atoms with van der Waals surface area (Å²) in [5.74, 6) is 0.633. The maximum Gasteiger partial charge on any atom is 0.228 e. The molecule has 0 heterocycles. The maximum atomic E-state index is 5.64. The molecule has 0 aromatic heterocycles. The highest BCUT2D eigenvalue weighted by Gasteiger charge is 2.06. The fourth-order valence-corrected chi connectivity index (χ4v) is 2.65. The lowest BCUT2D eigenvalue weighted by molar-refractivity contribution is 0.787. The maximum absolute atomic E-state index is 5.64. The molecule has 0 aromatic carbocycles. The lowest BCUT2D eigenvalue weighted by atomic mass is 10.1. The molecule has 0 unspecified atom stereocenters. The van der Waals surface area contributed by atoms with Crippen molar-refractivity contribution in [2.75, 3.05) is 0 Å². The molecule has 0 saturated heterocycles. The van der Waals surface area contributed by atoms with Gasteiger partial charge in [-0.2, -0.15) is 0 Å². The Hall–Kier alpha value is 0.407. The number of hydrogen-bond donors (Lipinski definition) is 0. The molecule has 1 aliphatic rings. The fourth-order valence-electron chi connectivity index (χ4n) is 0.953. The minimum atomic E-state index is -1.14. The van der Waals surface area contributed by atoms with E-state index in [1.165, 1.54) is 0 Å². The third-order valence-corrected chi connectivity index (χ3v) is 2.89. The van der Waals surface area contributed by atoms with Crippen LogP contribution in [-0.2, 0) is 0 Å². The summed E-state index contributed by atoms with van der Waals surface area (Å²) in [6, 6.07) is 0. The largest absolute Gasteiger partial charge is 0.228 e. The Morgan fingerprint density at radius 3 is 2.33 bits per heavy atom. The van der Waals surface area contributed by atoms with Crippen molar-refractivity contribution < 1.29 is 0 Å². The van der Waals surface area contributed by atoms with E-state index < -0.39 is 7.03 Å². The van der Waals surface area contributed by atoms with Crippen LogP contribution in [0.4, 0.5) is 0 Å². The van der Waals surface area contributed by atoms with E-state index in [0.717, 1.165) is 12.8 Å². The van der Waals surface area contributed by atoms with Crippen LogP contribution in [0.1, 0.15) is 12.8 Å². The Bertz CT molecular complexity index is 139. The summed E-state index contributed by atoms with van der Waals surface area (Å²) < 4.78 is 0. The van der Waals surface area contributed by atoms with Crippen LogP contribution in [0.25, 0.3) is 0 Å². The van der Waals surface area contributed by atoms with E-state index in [2.05, 4.69) is 17.8 Å². The molecular weight excluding hydrogens is 171 g/mol. The molecule has 0 bridgehead atoms. The number of allylic oxidation sites excluding steroid dienone is 2. The first kappa shape index (κ1) is 7.51. The Morgan fingerprint density at radius 2 is 1.89 bits per heavy atom. The molecule has 0 amide bonds. The zero-order valence-electron chi connectivity index (χ0n) is 4.98. The van der Waals surface area contributed by atoms with E-state index in [-0.39, 0.29) is 0 Å². The summed E-state index contributed by atoms with van der Waals surface area (Å²) in [6.07, 6.45) is 6.63.